The number of hydrogen-bond acceptors (Lipinski definition) is 6. The second kappa shape index (κ2) is 10.1. The molecule has 0 saturated carbocycles. The maximum absolute atomic E-state index is 16.8. The van der Waals surface area contributed by atoms with Crippen LogP contribution in [0.25, 0.3) is 32.9 Å². The Morgan fingerprint density at radius 1 is 1.09 bits per heavy atom. The number of halogens is 3. The number of phenols is 1. The number of alkyl halides is 1. The lowest BCUT2D eigenvalue weighted by Gasteiger charge is -2.35. The number of nitrogens with one attached hydrogen (secondary N) is 1. The molecule has 222 valence electrons. The zero-order chi connectivity index (χ0) is 30.2. The number of piperazine rings is 1. The van der Waals surface area contributed by atoms with Crippen LogP contribution in [0.1, 0.15) is 43.4 Å². The molecule has 0 amide bonds. The van der Waals surface area contributed by atoms with Crippen LogP contribution < -0.4 is 10.2 Å². The van der Waals surface area contributed by atoms with Crippen molar-refractivity contribution in [3.8, 4) is 41.2 Å². The molecule has 4 unspecified atom stereocenters. The Kier molecular flexibility index (Phi) is 6.27. The lowest BCUT2D eigenvalue weighted by molar-refractivity contribution is 0.255. The molecule has 9 heteroatoms. The fourth-order valence-corrected chi connectivity index (χ4v) is 7.87. The number of anilines is 1. The Morgan fingerprint density at radius 2 is 1.91 bits per heavy atom. The first kappa shape index (κ1) is 27.3. The number of benzene rings is 2. The summed E-state index contributed by atoms with van der Waals surface area (Å²) >= 11 is 0. The highest BCUT2D eigenvalue weighted by molar-refractivity contribution is 6.03. The molecule has 4 saturated heterocycles. The van der Waals surface area contributed by atoms with Crippen LogP contribution in [-0.4, -0.2) is 69.9 Å². The number of pyridine rings is 2. The smallest absolute Gasteiger partial charge is 0.175 e. The average Bonchev–Trinajstić information content (AvgIpc) is 3.66. The number of terminal acetylenes is 1. The number of phenolic OH excluding ortho intramolecular Hbond substituents is 1. The Morgan fingerprint density at radius 3 is 2.70 bits per heavy atom. The summed E-state index contributed by atoms with van der Waals surface area (Å²) in [7, 11) is 0. The Bertz CT molecular complexity index is 1950. The van der Waals surface area contributed by atoms with Crippen LogP contribution in [-0.2, 0) is 0 Å². The van der Waals surface area contributed by atoms with E-state index in [0.29, 0.717) is 41.5 Å². The van der Waals surface area contributed by atoms with E-state index in [1.165, 1.54) is 24.3 Å². The van der Waals surface area contributed by atoms with Crippen molar-refractivity contribution in [1.82, 2.24) is 20.2 Å². The van der Waals surface area contributed by atoms with Crippen molar-refractivity contribution in [3.63, 3.8) is 0 Å². The first-order valence-electron chi connectivity index (χ1n) is 15.2. The maximum Gasteiger partial charge on any atom is 0.175 e. The van der Waals surface area contributed by atoms with Crippen molar-refractivity contribution in [2.24, 2.45) is 0 Å². The van der Waals surface area contributed by atoms with Crippen molar-refractivity contribution in [1.29, 1.82) is 0 Å². The van der Waals surface area contributed by atoms with Crippen molar-refractivity contribution in [3.05, 3.63) is 59.4 Å². The fraction of sp³-hybridized carbons (Fsp3) is 0.371. The predicted molar refractivity (Wildman–Crippen MR) is 164 cm³/mol. The van der Waals surface area contributed by atoms with E-state index in [0.717, 1.165) is 51.0 Å². The second-order valence-corrected chi connectivity index (χ2v) is 12.5. The van der Waals surface area contributed by atoms with E-state index in [2.05, 4.69) is 37.9 Å². The second-order valence-electron chi connectivity index (χ2n) is 12.5. The van der Waals surface area contributed by atoms with Gasteiger partial charge in [-0.3, -0.25) is 9.88 Å². The highest BCUT2D eigenvalue weighted by Crippen LogP contribution is 2.41. The monoisotopic (exact) mass is 593 g/mol. The lowest BCUT2D eigenvalue weighted by atomic mass is 9.94. The van der Waals surface area contributed by atoms with Gasteiger partial charge in [-0.25, -0.2) is 18.2 Å². The number of rotatable bonds is 2. The molecule has 8 rings (SSSR count). The van der Waals surface area contributed by atoms with E-state index >= 15 is 4.39 Å². The fourth-order valence-electron chi connectivity index (χ4n) is 7.87. The summed E-state index contributed by atoms with van der Waals surface area (Å²) in [6.45, 7) is 2.72. The van der Waals surface area contributed by atoms with Gasteiger partial charge in [0.05, 0.1) is 16.8 Å². The van der Waals surface area contributed by atoms with E-state index in [1.54, 1.807) is 6.20 Å². The molecular weight excluding hydrogens is 563 g/mol. The van der Waals surface area contributed by atoms with E-state index in [4.69, 9.17) is 11.4 Å². The van der Waals surface area contributed by atoms with Gasteiger partial charge in [0.15, 0.2) is 5.82 Å². The Hall–Kier alpha value is -4.31. The molecule has 44 heavy (non-hydrogen) atoms. The normalized spacial score (nSPS) is 26.1. The average molecular weight is 594 g/mol. The van der Waals surface area contributed by atoms with Crippen molar-refractivity contribution >= 4 is 27.4 Å². The molecular formula is C35H30F3N5O. The van der Waals surface area contributed by atoms with Gasteiger partial charge in [0, 0.05) is 60.7 Å². The highest BCUT2D eigenvalue weighted by atomic mass is 19.1. The van der Waals surface area contributed by atoms with Crippen molar-refractivity contribution in [2.45, 2.75) is 55.9 Å². The van der Waals surface area contributed by atoms with Gasteiger partial charge in [-0.15, -0.1) is 6.42 Å². The number of aromatic hydroxyl groups is 1. The van der Waals surface area contributed by atoms with Gasteiger partial charge in [-0.2, -0.15) is 0 Å². The number of nitrogens with zero attached hydrogens (tertiary/aromatic N) is 4. The molecule has 2 N–H and O–H groups in total. The zero-order valence-corrected chi connectivity index (χ0v) is 24.0. The van der Waals surface area contributed by atoms with Crippen LogP contribution in [0, 0.1) is 35.8 Å². The molecule has 2 aromatic carbocycles. The standard InChI is InChI=1S/C35H30F3N5O/c1-2-26-29(37)7-4-20-12-25(44)14-27(31(20)26)33-32(38)34-28(16-39-33)30(42-18-23-5-6-24(19-42)40-23)13-22(41-34)8-10-35-9-3-11-43(35)17-21(36)15-35/h1,4,7,12-14,16,21,23-24,40,44H,3,5-6,9,11,15,17-19H2. The van der Waals surface area contributed by atoms with Gasteiger partial charge < -0.3 is 15.3 Å². The summed E-state index contributed by atoms with van der Waals surface area (Å²) in [6, 6.07) is 8.10. The maximum atomic E-state index is 16.8. The quantitative estimate of drug-likeness (QED) is 0.309. The van der Waals surface area contributed by atoms with Gasteiger partial charge in [-0.05, 0) is 67.8 Å². The number of fused-ring (bicyclic) bond motifs is 5. The highest BCUT2D eigenvalue weighted by Gasteiger charge is 2.47. The van der Waals surface area contributed by atoms with Crippen LogP contribution in [0.2, 0.25) is 0 Å². The molecule has 4 atom stereocenters. The number of hydrogen-bond donors (Lipinski definition) is 2. The topological polar surface area (TPSA) is 64.5 Å². The molecule has 0 radical (unpaired) electrons. The molecule has 4 aliphatic rings. The van der Waals surface area contributed by atoms with Crippen LogP contribution in [0.4, 0.5) is 18.9 Å². The summed E-state index contributed by atoms with van der Waals surface area (Å²) in [4.78, 5) is 13.6. The van der Waals surface area contributed by atoms with Gasteiger partial charge >= 0.3 is 0 Å². The van der Waals surface area contributed by atoms with Gasteiger partial charge in [0.25, 0.3) is 0 Å². The third kappa shape index (κ3) is 4.29. The van der Waals surface area contributed by atoms with Crippen molar-refractivity contribution < 1.29 is 18.3 Å². The molecule has 4 aliphatic heterocycles. The largest absolute Gasteiger partial charge is 0.508 e. The minimum absolute atomic E-state index is 0.0357. The van der Waals surface area contributed by atoms with Gasteiger partial charge in [-0.1, -0.05) is 17.9 Å². The minimum Gasteiger partial charge on any atom is -0.508 e. The summed E-state index contributed by atoms with van der Waals surface area (Å²) in [5.41, 5.74) is 0.785. The third-order valence-corrected chi connectivity index (χ3v) is 9.81. The molecule has 0 spiro atoms. The molecule has 0 aliphatic carbocycles. The first-order valence-corrected chi connectivity index (χ1v) is 15.2. The van der Waals surface area contributed by atoms with Crippen LogP contribution in [0.5, 0.6) is 5.75 Å². The summed E-state index contributed by atoms with van der Waals surface area (Å²) in [5, 5.41) is 15.4. The van der Waals surface area contributed by atoms with Crippen LogP contribution in [0.15, 0.2) is 36.5 Å². The molecule has 2 aromatic heterocycles. The molecule has 6 heterocycles. The van der Waals surface area contributed by atoms with Crippen molar-refractivity contribution in [2.75, 3.05) is 31.1 Å². The minimum atomic E-state index is -0.915. The first-order chi connectivity index (χ1) is 21.3. The van der Waals surface area contributed by atoms with E-state index in [1.807, 2.05) is 6.07 Å². The predicted octanol–water partition coefficient (Wildman–Crippen LogP) is 5.28. The molecule has 6 nitrogen and oxygen atoms in total. The summed E-state index contributed by atoms with van der Waals surface area (Å²) in [5.74, 6) is 7.49. The van der Waals surface area contributed by atoms with Crippen LogP contribution >= 0.6 is 0 Å². The van der Waals surface area contributed by atoms with E-state index < -0.39 is 23.3 Å². The molecule has 2 bridgehead atoms. The number of aromatic nitrogens is 2. The van der Waals surface area contributed by atoms with E-state index in [9.17, 15) is 13.9 Å². The molecule has 4 fully saturated rings. The van der Waals surface area contributed by atoms with Gasteiger partial charge in [0.2, 0.25) is 0 Å². The summed E-state index contributed by atoms with van der Waals surface area (Å²) in [6.07, 6.45) is 10.6. The Balaban J connectivity index is 1.33. The lowest BCUT2D eigenvalue weighted by Crippen LogP contribution is -2.51. The van der Waals surface area contributed by atoms with E-state index in [-0.39, 0.29) is 33.5 Å². The SMILES string of the molecule is C#Cc1c(F)ccc2cc(O)cc(-c3ncc4c(N5CC6CCC(C5)N6)cc(C#CC56CCCN5CC(F)C6)nc4c3F)c12. The Labute approximate surface area is 253 Å². The third-order valence-electron chi connectivity index (χ3n) is 9.81. The molecule has 4 aromatic rings. The van der Waals surface area contributed by atoms with Gasteiger partial charge in [0.1, 0.15) is 34.6 Å². The summed E-state index contributed by atoms with van der Waals surface area (Å²) < 4.78 is 46.0. The van der Waals surface area contributed by atoms with Crippen LogP contribution in [0.3, 0.4) is 0 Å². The zero-order valence-electron chi connectivity index (χ0n) is 24.0.